The lowest BCUT2D eigenvalue weighted by Gasteiger charge is -2.36. The summed E-state index contributed by atoms with van der Waals surface area (Å²) in [4.78, 5) is 11.9. The van der Waals surface area contributed by atoms with Gasteiger partial charge in [-0.25, -0.2) is 4.79 Å². The highest BCUT2D eigenvalue weighted by molar-refractivity contribution is 5.68. The van der Waals surface area contributed by atoms with E-state index in [9.17, 15) is 4.79 Å². The summed E-state index contributed by atoms with van der Waals surface area (Å²) < 4.78 is 16.2. The number of nitrogens with one attached hydrogen (secondary N) is 2. The molecule has 0 saturated heterocycles. The minimum atomic E-state index is -0.370. The van der Waals surface area contributed by atoms with Crippen LogP contribution in [-0.2, 0) is 11.3 Å². The molecular formula is C21H26N2O4. The Bertz CT molecular complexity index is 745. The Morgan fingerprint density at radius 3 is 2.56 bits per heavy atom. The van der Waals surface area contributed by atoms with Crippen molar-refractivity contribution in [2.45, 2.75) is 38.5 Å². The highest BCUT2D eigenvalue weighted by Crippen LogP contribution is 2.32. The third kappa shape index (κ3) is 5.29. The molecule has 6 nitrogen and oxygen atoms in total. The van der Waals surface area contributed by atoms with Gasteiger partial charge in [0.25, 0.3) is 0 Å². The van der Waals surface area contributed by atoms with Crippen LogP contribution in [0.3, 0.4) is 0 Å². The number of carbonyl (C=O) groups excluding carboxylic acids is 1. The van der Waals surface area contributed by atoms with Gasteiger partial charge in [-0.15, -0.1) is 0 Å². The van der Waals surface area contributed by atoms with Gasteiger partial charge in [0, 0.05) is 23.8 Å². The quantitative estimate of drug-likeness (QED) is 0.736. The third-order valence-corrected chi connectivity index (χ3v) is 4.51. The van der Waals surface area contributed by atoms with Crippen LogP contribution in [-0.4, -0.2) is 31.9 Å². The Balaban J connectivity index is 1.40. The number of amides is 1. The smallest absolute Gasteiger partial charge is 0.407 e. The molecule has 0 atom stereocenters. The fraction of sp³-hybridized carbons (Fsp3) is 0.381. The predicted molar refractivity (Wildman–Crippen MR) is 104 cm³/mol. The highest BCUT2D eigenvalue weighted by atomic mass is 16.5. The number of hydrogen-bond acceptors (Lipinski definition) is 5. The molecule has 0 aliphatic heterocycles. The molecule has 2 aromatic carbocycles. The van der Waals surface area contributed by atoms with Crippen molar-refractivity contribution in [3.8, 4) is 11.5 Å². The van der Waals surface area contributed by atoms with E-state index in [2.05, 4.69) is 10.6 Å². The number of rotatable bonds is 8. The van der Waals surface area contributed by atoms with Crippen LogP contribution in [0.4, 0.5) is 10.5 Å². The van der Waals surface area contributed by atoms with Gasteiger partial charge in [-0.1, -0.05) is 30.3 Å². The van der Waals surface area contributed by atoms with Crippen molar-refractivity contribution in [3.05, 3.63) is 54.1 Å². The Morgan fingerprint density at radius 1 is 1.07 bits per heavy atom. The van der Waals surface area contributed by atoms with Crippen LogP contribution in [0.1, 0.15) is 25.3 Å². The minimum absolute atomic E-state index is 0.135. The number of carbonyl (C=O) groups is 1. The first-order valence-electron chi connectivity index (χ1n) is 9.22. The molecule has 1 saturated carbocycles. The van der Waals surface area contributed by atoms with Crippen molar-refractivity contribution in [2.75, 3.05) is 19.0 Å². The van der Waals surface area contributed by atoms with Crippen molar-refractivity contribution in [2.24, 2.45) is 0 Å². The number of alkyl carbamates (subject to hydrolysis) is 1. The molecule has 1 aliphatic rings. The van der Waals surface area contributed by atoms with Crippen LogP contribution in [0.2, 0.25) is 0 Å². The van der Waals surface area contributed by atoms with E-state index in [1.165, 1.54) is 0 Å². The molecule has 0 radical (unpaired) electrons. The van der Waals surface area contributed by atoms with Crippen molar-refractivity contribution in [3.63, 3.8) is 0 Å². The third-order valence-electron chi connectivity index (χ3n) is 4.51. The van der Waals surface area contributed by atoms with Crippen molar-refractivity contribution in [1.29, 1.82) is 0 Å². The average molecular weight is 370 g/mol. The molecule has 144 valence electrons. The molecule has 0 bridgehead atoms. The van der Waals surface area contributed by atoms with Gasteiger partial charge in [-0.2, -0.15) is 0 Å². The highest BCUT2D eigenvalue weighted by Gasteiger charge is 2.30. The largest absolute Gasteiger partial charge is 0.493 e. The van der Waals surface area contributed by atoms with Gasteiger partial charge in [0.1, 0.15) is 6.61 Å². The molecule has 27 heavy (non-hydrogen) atoms. The van der Waals surface area contributed by atoms with Crippen molar-refractivity contribution in [1.82, 2.24) is 5.32 Å². The lowest BCUT2D eigenvalue weighted by atomic mass is 9.86. The summed E-state index contributed by atoms with van der Waals surface area (Å²) in [6.07, 6.45) is 1.34. The normalized spacial score (nSPS) is 18.1. The number of benzene rings is 2. The number of hydrogen-bond donors (Lipinski definition) is 2. The first-order chi connectivity index (χ1) is 13.2. The van der Waals surface area contributed by atoms with Crippen LogP contribution in [0.5, 0.6) is 11.5 Å². The summed E-state index contributed by atoms with van der Waals surface area (Å²) in [5.74, 6) is 1.44. The van der Waals surface area contributed by atoms with E-state index in [1.54, 1.807) is 7.11 Å². The molecule has 0 aromatic heterocycles. The van der Waals surface area contributed by atoms with Gasteiger partial charge in [-0.3, -0.25) is 0 Å². The molecule has 1 aliphatic carbocycles. The Morgan fingerprint density at radius 2 is 1.85 bits per heavy atom. The summed E-state index contributed by atoms with van der Waals surface area (Å²) in [5.41, 5.74) is 1.95. The summed E-state index contributed by atoms with van der Waals surface area (Å²) >= 11 is 0. The van der Waals surface area contributed by atoms with E-state index in [0.29, 0.717) is 18.4 Å². The Labute approximate surface area is 159 Å². The van der Waals surface area contributed by atoms with E-state index < -0.39 is 0 Å². The SMILES string of the molecule is CCOc1ccc(NC2CC(NC(=O)OCc3ccccc3)C2)cc1OC. The Hall–Kier alpha value is -2.89. The van der Waals surface area contributed by atoms with Gasteiger partial charge in [0.05, 0.1) is 13.7 Å². The second-order valence-corrected chi connectivity index (χ2v) is 6.51. The lowest BCUT2D eigenvalue weighted by Crippen LogP contribution is -2.49. The maximum Gasteiger partial charge on any atom is 0.407 e. The molecule has 0 heterocycles. The molecular weight excluding hydrogens is 344 g/mol. The summed E-state index contributed by atoms with van der Waals surface area (Å²) in [6, 6.07) is 15.9. The van der Waals surface area contributed by atoms with Gasteiger partial charge in [-0.05, 0) is 37.5 Å². The fourth-order valence-corrected chi connectivity index (χ4v) is 3.05. The van der Waals surface area contributed by atoms with Crippen molar-refractivity contribution >= 4 is 11.8 Å². The molecule has 0 spiro atoms. The second-order valence-electron chi connectivity index (χ2n) is 6.51. The van der Waals surface area contributed by atoms with E-state index >= 15 is 0 Å². The van der Waals surface area contributed by atoms with Gasteiger partial charge in [0.15, 0.2) is 11.5 Å². The minimum Gasteiger partial charge on any atom is -0.493 e. The fourth-order valence-electron chi connectivity index (χ4n) is 3.05. The van der Waals surface area contributed by atoms with E-state index in [0.717, 1.165) is 29.8 Å². The van der Waals surface area contributed by atoms with E-state index in [-0.39, 0.29) is 18.7 Å². The summed E-state index contributed by atoms with van der Waals surface area (Å²) in [6.45, 7) is 2.82. The predicted octanol–water partition coefficient (Wildman–Crippen LogP) is 3.96. The lowest BCUT2D eigenvalue weighted by molar-refractivity contribution is 0.129. The number of anilines is 1. The van der Waals surface area contributed by atoms with Gasteiger partial charge < -0.3 is 24.8 Å². The Kier molecular flexibility index (Phi) is 6.41. The molecule has 6 heteroatoms. The van der Waals surface area contributed by atoms with E-state index in [4.69, 9.17) is 14.2 Å². The average Bonchev–Trinajstić information content (AvgIpc) is 2.66. The summed E-state index contributed by atoms with van der Waals surface area (Å²) in [5, 5.41) is 6.36. The molecule has 1 fully saturated rings. The zero-order valence-corrected chi connectivity index (χ0v) is 15.7. The topological polar surface area (TPSA) is 68.8 Å². The van der Waals surface area contributed by atoms with E-state index in [1.807, 2.05) is 55.5 Å². The standard InChI is InChI=1S/C21H26N2O4/c1-3-26-19-10-9-16(13-20(19)25-2)22-17-11-18(12-17)23-21(24)27-14-15-7-5-4-6-8-15/h4-10,13,17-18,22H,3,11-12,14H2,1-2H3,(H,23,24). The number of methoxy groups -OCH3 is 1. The molecule has 2 aromatic rings. The second kappa shape index (κ2) is 9.16. The maximum atomic E-state index is 11.9. The van der Waals surface area contributed by atoms with Gasteiger partial charge in [0.2, 0.25) is 0 Å². The van der Waals surface area contributed by atoms with Crippen LogP contribution < -0.4 is 20.1 Å². The molecule has 0 unspecified atom stereocenters. The zero-order chi connectivity index (χ0) is 19.1. The van der Waals surface area contributed by atoms with Crippen LogP contribution in [0.15, 0.2) is 48.5 Å². The number of ether oxygens (including phenoxy) is 3. The summed E-state index contributed by atoms with van der Waals surface area (Å²) in [7, 11) is 1.63. The molecule has 3 rings (SSSR count). The monoisotopic (exact) mass is 370 g/mol. The first-order valence-corrected chi connectivity index (χ1v) is 9.22. The van der Waals surface area contributed by atoms with Crippen LogP contribution >= 0.6 is 0 Å². The van der Waals surface area contributed by atoms with Crippen LogP contribution in [0.25, 0.3) is 0 Å². The van der Waals surface area contributed by atoms with Gasteiger partial charge >= 0.3 is 6.09 Å². The molecule has 2 N–H and O–H groups in total. The van der Waals surface area contributed by atoms with Crippen molar-refractivity contribution < 1.29 is 19.0 Å². The van der Waals surface area contributed by atoms with Crippen LogP contribution in [0, 0.1) is 0 Å². The zero-order valence-electron chi connectivity index (χ0n) is 15.7. The maximum absolute atomic E-state index is 11.9. The first kappa shape index (κ1) is 18.9. The molecule has 1 amide bonds.